The van der Waals surface area contributed by atoms with E-state index >= 15 is 0 Å². The maximum absolute atomic E-state index is 13.0. The molecule has 0 bridgehead atoms. The monoisotopic (exact) mass is 333 g/mol. The Morgan fingerprint density at radius 1 is 1.09 bits per heavy atom. The summed E-state index contributed by atoms with van der Waals surface area (Å²) in [5, 5.41) is 3.01. The van der Waals surface area contributed by atoms with Gasteiger partial charge < -0.3 is 15.8 Å². The first-order valence-corrected chi connectivity index (χ1v) is 8.90. The molecule has 0 spiro atoms. The molecule has 23 heavy (non-hydrogen) atoms. The van der Waals surface area contributed by atoms with Crippen LogP contribution in [0.25, 0.3) is 0 Å². The first kappa shape index (κ1) is 15.8. The molecule has 0 radical (unpaired) electrons. The summed E-state index contributed by atoms with van der Waals surface area (Å²) in [5.74, 6) is 0.547. The quantitative estimate of drug-likeness (QED) is 0.809. The average molecular weight is 333 g/mol. The number of hydrogen-bond donors (Lipinski definition) is 2. The molecular formula is C16H19N3O3S. The Bertz CT molecular complexity index is 765. The van der Waals surface area contributed by atoms with Crippen molar-refractivity contribution in [1.82, 2.24) is 5.32 Å². The van der Waals surface area contributed by atoms with E-state index in [1.54, 1.807) is 30.3 Å². The molecule has 2 aromatic carbocycles. The number of ether oxygens (including phenoxy) is 1. The van der Waals surface area contributed by atoms with Crippen LogP contribution in [0.2, 0.25) is 0 Å². The van der Waals surface area contributed by atoms with Gasteiger partial charge in [-0.25, -0.2) is 12.7 Å². The summed E-state index contributed by atoms with van der Waals surface area (Å²) < 4.78 is 33.1. The van der Waals surface area contributed by atoms with E-state index in [9.17, 15) is 8.42 Å². The van der Waals surface area contributed by atoms with Crippen molar-refractivity contribution in [2.24, 2.45) is 5.73 Å². The third-order valence-corrected chi connectivity index (χ3v) is 5.40. The largest absolute Gasteiger partial charge is 0.469 e. The molecule has 7 heteroatoms. The second-order valence-corrected chi connectivity index (χ2v) is 7.07. The van der Waals surface area contributed by atoms with Crippen LogP contribution in [-0.2, 0) is 10.0 Å². The normalized spacial score (nSPS) is 19.0. The van der Waals surface area contributed by atoms with E-state index < -0.39 is 15.5 Å². The van der Waals surface area contributed by atoms with Gasteiger partial charge in [-0.3, -0.25) is 0 Å². The topological polar surface area (TPSA) is 84.7 Å². The molecule has 0 aliphatic carbocycles. The predicted molar refractivity (Wildman–Crippen MR) is 90.3 cm³/mol. The lowest BCUT2D eigenvalue weighted by molar-refractivity contribution is 0.263. The summed E-state index contributed by atoms with van der Waals surface area (Å²) in [7, 11) is -3.70. The molecule has 1 atom stereocenters. The van der Waals surface area contributed by atoms with Crippen molar-refractivity contribution in [2.75, 3.05) is 23.9 Å². The van der Waals surface area contributed by atoms with Crippen LogP contribution < -0.4 is 20.1 Å². The maximum atomic E-state index is 13.0. The number of benzene rings is 2. The Kier molecular flexibility index (Phi) is 4.51. The van der Waals surface area contributed by atoms with Crippen molar-refractivity contribution < 1.29 is 13.2 Å². The fourth-order valence-corrected chi connectivity index (χ4v) is 4.13. The second kappa shape index (κ2) is 6.57. The molecule has 1 unspecified atom stereocenters. The number of fused-ring (bicyclic) bond motifs is 1. The van der Waals surface area contributed by atoms with E-state index in [1.807, 2.05) is 24.3 Å². The second-order valence-electron chi connectivity index (χ2n) is 5.15. The van der Waals surface area contributed by atoms with Gasteiger partial charge in [0, 0.05) is 19.6 Å². The molecule has 1 aliphatic rings. The summed E-state index contributed by atoms with van der Waals surface area (Å²) in [6, 6.07) is 16.1. The number of nitrogens with zero attached hydrogens (tertiary/aromatic N) is 1. The number of hydrogen-bond acceptors (Lipinski definition) is 5. The average Bonchev–Trinajstić information content (AvgIpc) is 2.56. The van der Waals surface area contributed by atoms with Gasteiger partial charge in [0.15, 0.2) is 0 Å². The summed E-state index contributed by atoms with van der Waals surface area (Å²) in [6.45, 7) is 1.14. The first-order valence-electron chi connectivity index (χ1n) is 7.40. The predicted octanol–water partition coefficient (Wildman–Crippen LogP) is 1.42. The molecule has 0 amide bonds. The summed E-state index contributed by atoms with van der Waals surface area (Å²) in [5.41, 5.74) is 5.56. The molecule has 2 aromatic rings. The zero-order valence-electron chi connectivity index (χ0n) is 12.6. The zero-order chi connectivity index (χ0) is 16.3. The first-order chi connectivity index (χ1) is 11.1. The van der Waals surface area contributed by atoms with Crippen LogP contribution in [0, 0.1) is 0 Å². The van der Waals surface area contributed by atoms with Crippen LogP contribution >= 0.6 is 0 Å². The third kappa shape index (κ3) is 3.03. The summed E-state index contributed by atoms with van der Waals surface area (Å²) in [6.07, 6.45) is 0. The zero-order valence-corrected chi connectivity index (χ0v) is 13.4. The molecule has 0 aromatic heterocycles. The van der Waals surface area contributed by atoms with Crippen LogP contribution in [0.5, 0.6) is 5.75 Å². The fraction of sp³-hybridized carbons (Fsp3) is 0.250. The summed E-state index contributed by atoms with van der Waals surface area (Å²) in [4.78, 5) is 0. The van der Waals surface area contributed by atoms with Crippen LogP contribution in [-0.4, -0.2) is 33.5 Å². The third-order valence-electron chi connectivity index (χ3n) is 3.55. The lowest BCUT2D eigenvalue weighted by atomic mass is 10.2. The SMILES string of the molecule is NCCNCC1Oc2ccccc2N(c2ccccc2)S1(=O)=O. The van der Waals surface area contributed by atoms with Crippen LogP contribution in [0.4, 0.5) is 11.4 Å². The standard InChI is InChI=1S/C16H19N3O3S/c17-10-11-18-12-16-22-15-9-5-4-8-14(15)19(23(16,20)21)13-6-2-1-3-7-13/h1-9,16,18H,10-12,17H2. The van der Waals surface area contributed by atoms with Crippen molar-refractivity contribution in [1.29, 1.82) is 0 Å². The van der Waals surface area contributed by atoms with Gasteiger partial charge in [0.1, 0.15) is 5.75 Å². The van der Waals surface area contributed by atoms with E-state index in [4.69, 9.17) is 10.5 Å². The number of anilines is 2. The van der Waals surface area contributed by atoms with Gasteiger partial charge in [-0.15, -0.1) is 0 Å². The van der Waals surface area contributed by atoms with Gasteiger partial charge in [-0.05, 0) is 24.3 Å². The Labute approximate surface area is 135 Å². The highest BCUT2D eigenvalue weighted by Crippen LogP contribution is 2.41. The van der Waals surface area contributed by atoms with E-state index in [2.05, 4.69) is 5.32 Å². The molecule has 6 nitrogen and oxygen atoms in total. The molecule has 1 aliphatic heterocycles. The van der Waals surface area contributed by atoms with Gasteiger partial charge >= 0.3 is 0 Å². The number of nitrogens with one attached hydrogen (secondary N) is 1. The molecule has 1 heterocycles. The Hall–Kier alpha value is -2.09. The maximum Gasteiger partial charge on any atom is 0.279 e. The van der Waals surface area contributed by atoms with Crippen molar-refractivity contribution in [2.45, 2.75) is 5.44 Å². The highest BCUT2D eigenvalue weighted by atomic mass is 32.2. The highest BCUT2D eigenvalue weighted by Gasteiger charge is 2.40. The molecule has 0 saturated carbocycles. The smallest absolute Gasteiger partial charge is 0.279 e. The minimum atomic E-state index is -3.70. The van der Waals surface area contributed by atoms with Crippen LogP contribution in [0.3, 0.4) is 0 Å². The minimum Gasteiger partial charge on any atom is -0.469 e. The van der Waals surface area contributed by atoms with Crippen molar-refractivity contribution in [3.63, 3.8) is 0 Å². The Morgan fingerprint density at radius 2 is 1.78 bits per heavy atom. The van der Waals surface area contributed by atoms with Crippen molar-refractivity contribution >= 4 is 21.4 Å². The van der Waals surface area contributed by atoms with Gasteiger partial charge in [-0.1, -0.05) is 30.3 Å². The minimum absolute atomic E-state index is 0.178. The molecule has 0 fully saturated rings. The van der Waals surface area contributed by atoms with Gasteiger partial charge in [0.05, 0.1) is 11.4 Å². The van der Waals surface area contributed by atoms with E-state index in [1.165, 1.54) is 4.31 Å². The molecule has 3 N–H and O–H groups in total. The number of sulfonamides is 1. The van der Waals surface area contributed by atoms with Crippen molar-refractivity contribution in [3.8, 4) is 5.75 Å². The number of rotatable bonds is 5. The fourth-order valence-electron chi connectivity index (χ4n) is 2.50. The van der Waals surface area contributed by atoms with E-state index in [0.29, 0.717) is 30.2 Å². The van der Waals surface area contributed by atoms with Gasteiger partial charge in [0.25, 0.3) is 10.0 Å². The van der Waals surface area contributed by atoms with Gasteiger partial charge in [-0.2, -0.15) is 0 Å². The van der Waals surface area contributed by atoms with E-state index in [-0.39, 0.29) is 6.54 Å². The summed E-state index contributed by atoms with van der Waals surface area (Å²) >= 11 is 0. The van der Waals surface area contributed by atoms with E-state index in [0.717, 1.165) is 0 Å². The Balaban J connectivity index is 2.04. The molecular weight excluding hydrogens is 314 g/mol. The lowest BCUT2D eigenvalue weighted by Gasteiger charge is -2.35. The highest BCUT2D eigenvalue weighted by molar-refractivity contribution is 7.93. The number of nitrogens with two attached hydrogens (primary N) is 1. The molecule has 3 rings (SSSR count). The number of para-hydroxylation sites is 3. The van der Waals surface area contributed by atoms with Crippen LogP contribution in [0.1, 0.15) is 0 Å². The molecule has 0 saturated heterocycles. The van der Waals surface area contributed by atoms with Crippen LogP contribution in [0.15, 0.2) is 54.6 Å². The molecule has 122 valence electrons. The Morgan fingerprint density at radius 3 is 2.52 bits per heavy atom. The lowest BCUT2D eigenvalue weighted by Crippen LogP contribution is -2.48. The van der Waals surface area contributed by atoms with Gasteiger partial charge in [0.2, 0.25) is 5.44 Å². The van der Waals surface area contributed by atoms with Crippen molar-refractivity contribution in [3.05, 3.63) is 54.6 Å².